The van der Waals surface area contributed by atoms with Crippen LogP contribution in [0.25, 0.3) is 0 Å². The van der Waals surface area contributed by atoms with Crippen LogP contribution in [0.4, 0.5) is 0 Å². The average Bonchev–Trinajstić information content (AvgIpc) is 3.30. The maximum absolute atomic E-state index is 14.2. The Balaban J connectivity index is 1.06. The van der Waals surface area contributed by atoms with E-state index in [4.69, 9.17) is 33.2 Å². The van der Waals surface area contributed by atoms with Crippen LogP contribution in [0, 0.1) is 0 Å². The Labute approximate surface area is 344 Å². The highest BCUT2D eigenvalue weighted by Gasteiger charge is 2.29. The zero-order valence-corrected chi connectivity index (χ0v) is 32.5. The number of carbonyl (C=O) groups is 1. The van der Waals surface area contributed by atoms with Crippen molar-refractivity contribution >= 4 is 5.97 Å². The van der Waals surface area contributed by atoms with Crippen LogP contribution in [0.15, 0.2) is 176 Å². The summed E-state index contributed by atoms with van der Waals surface area (Å²) < 4.78 is 44.3. The molecule has 0 saturated heterocycles. The molecule has 0 unspecified atom stereocenters. The highest BCUT2D eigenvalue weighted by molar-refractivity contribution is 5.91. The minimum absolute atomic E-state index is 0.145. The van der Waals surface area contributed by atoms with E-state index >= 15 is 0 Å². The van der Waals surface area contributed by atoms with Gasteiger partial charge in [-0.15, -0.1) is 0 Å². The molecule has 0 bridgehead atoms. The third-order valence-electron chi connectivity index (χ3n) is 9.71. The van der Waals surface area contributed by atoms with Crippen molar-refractivity contribution in [1.82, 2.24) is 0 Å². The number of carbonyl (C=O) groups excluding carboxylic acids is 1. The van der Waals surface area contributed by atoms with Gasteiger partial charge in [-0.2, -0.15) is 0 Å². The van der Waals surface area contributed by atoms with Gasteiger partial charge in [0.25, 0.3) is 0 Å². The van der Waals surface area contributed by atoms with Gasteiger partial charge in [0.05, 0.1) is 5.56 Å². The van der Waals surface area contributed by atoms with E-state index < -0.39 is 12.1 Å². The Morgan fingerprint density at radius 1 is 0.475 bits per heavy atom. The summed E-state index contributed by atoms with van der Waals surface area (Å²) in [7, 11) is 0. The first-order valence-corrected chi connectivity index (χ1v) is 19.7. The molecule has 7 aromatic rings. The van der Waals surface area contributed by atoms with Crippen LogP contribution in [-0.2, 0) is 44.2 Å². The van der Waals surface area contributed by atoms with Gasteiger partial charge in [-0.1, -0.05) is 152 Å². The van der Waals surface area contributed by atoms with Gasteiger partial charge >= 0.3 is 5.97 Å². The first-order chi connectivity index (χ1) is 29.1. The van der Waals surface area contributed by atoms with E-state index in [1.165, 1.54) is 0 Å². The van der Waals surface area contributed by atoms with Crippen molar-refractivity contribution in [1.29, 1.82) is 0 Å². The average molecular weight is 785 g/mol. The van der Waals surface area contributed by atoms with E-state index in [0.29, 0.717) is 54.1 Å². The minimum atomic E-state index is -0.610. The number of fused-ring (bicyclic) bond motifs is 1. The fourth-order valence-electron chi connectivity index (χ4n) is 6.63. The van der Waals surface area contributed by atoms with E-state index in [9.17, 15) is 4.79 Å². The van der Waals surface area contributed by atoms with Crippen molar-refractivity contribution in [3.8, 4) is 34.5 Å². The largest absolute Gasteiger partial charge is 0.489 e. The maximum atomic E-state index is 14.2. The third kappa shape index (κ3) is 10.6. The van der Waals surface area contributed by atoms with E-state index in [2.05, 4.69) is 0 Å². The van der Waals surface area contributed by atoms with Crippen LogP contribution in [0.1, 0.15) is 43.7 Å². The monoisotopic (exact) mass is 784 g/mol. The number of esters is 1. The normalized spacial score (nSPS) is 13.0. The van der Waals surface area contributed by atoms with E-state index in [-0.39, 0.29) is 32.0 Å². The van der Waals surface area contributed by atoms with Crippen molar-refractivity contribution in [3.63, 3.8) is 0 Å². The third-order valence-corrected chi connectivity index (χ3v) is 9.71. The summed E-state index contributed by atoms with van der Waals surface area (Å²) in [6.07, 6.45) is -0.237. The van der Waals surface area contributed by atoms with Crippen molar-refractivity contribution < 1.29 is 38.0 Å². The summed E-state index contributed by atoms with van der Waals surface area (Å²) >= 11 is 0. The lowest BCUT2D eigenvalue weighted by atomic mass is 10.0. The molecule has 1 aliphatic heterocycles. The van der Waals surface area contributed by atoms with Gasteiger partial charge in [-0.05, 0) is 39.9 Å². The van der Waals surface area contributed by atoms with Gasteiger partial charge in [-0.25, -0.2) is 4.79 Å². The molecule has 0 saturated carbocycles. The fraction of sp³-hybridized carbons (Fsp3) is 0.157. The van der Waals surface area contributed by atoms with Crippen LogP contribution >= 0.6 is 0 Å². The number of rotatable bonds is 17. The zero-order chi connectivity index (χ0) is 40.1. The molecule has 1 aliphatic rings. The van der Waals surface area contributed by atoms with Crippen LogP contribution in [0.3, 0.4) is 0 Å². The summed E-state index contributed by atoms with van der Waals surface area (Å²) in [5.74, 6) is 2.38. The van der Waals surface area contributed by atoms with Crippen molar-refractivity contribution in [2.45, 2.75) is 45.6 Å². The quantitative estimate of drug-likeness (QED) is 0.0845. The lowest BCUT2D eigenvalue weighted by molar-refractivity contribution is 0.0126. The number of ether oxygens (including phenoxy) is 7. The van der Waals surface area contributed by atoms with E-state index in [0.717, 1.165) is 33.4 Å². The number of hydrogen-bond acceptors (Lipinski definition) is 8. The summed E-state index contributed by atoms with van der Waals surface area (Å²) in [4.78, 5) is 14.2. The Morgan fingerprint density at radius 3 is 1.34 bits per heavy atom. The molecule has 7 aromatic carbocycles. The second-order valence-corrected chi connectivity index (χ2v) is 14.1. The van der Waals surface area contributed by atoms with Gasteiger partial charge in [0.1, 0.15) is 63.0 Å². The Bertz CT molecular complexity index is 2340. The van der Waals surface area contributed by atoms with Gasteiger partial charge < -0.3 is 33.2 Å². The number of benzene rings is 7. The summed E-state index contributed by atoms with van der Waals surface area (Å²) in [5.41, 5.74) is 5.99. The zero-order valence-electron chi connectivity index (χ0n) is 32.5. The molecule has 0 aromatic heterocycles. The molecule has 0 radical (unpaired) electrons. The first-order valence-electron chi connectivity index (χ1n) is 19.7. The van der Waals surface area contributed by atoms with Crippen LogP contribution in [-0.4, -0.2) is 18.7 Å². The predicted octanol–water partition coefficient (Wildman–Crippen LogP) is 10.7. The molecule has 0 amide bonds. The molecule has 59 heavy (non-hydrogen) atoms. The molecule has 0 aliphatic carbocycles. The SMILES string of the molecule is O=C(O[C@H]1COc2cc(OCc3ccccc3)cc(OCc3ccccc3)c2C1)c1cc(OCc2ccccc2)c(OCc2ccccc2)c(OCc2ccccc2)c1. The summed E-state index contributed by atoms with van der Waals surface area (Å²) in [5, 5.41) is 0. The van der Waals surface area contributed by atoms with Crippen molar-refractivity contribution in [2.75, 3.05) is 6.61 Å². The molecule has 1 atom stereocenters. The molecule has 0 fully saturated rings. The van der Waals surface area contributed by atoms with Crippen molar-refractivity contribution in [3.05, 3.63) is 215 Å². The maximum Gasteiger partial charge on any atom is 0.338 e. The fourth-order valence-corrected chi connectivity index (χ4v) is 6.63. The molecule has 296 valence electrons. The number of hydrogen-bond donors (Lipinski definition) is 0. The Kier molecular flexibility index (Phi) is 12.7. The first kappa shape index (κ1) is 38.7. The minimum Gasteiger partial charge on any atom is -0.489 e. The molecular weight excluding hydrogens is 741 g/mol. The van der Waals surface area contributed by atoms with Crippen LogP contribution in [0.2, 0.25) is 0 Å². The van der Waals surface area contributed by atoms with E-state index in [1.807, 2.05) is 164 Å². The van der Waals surface area contributed by atoms with Gasteiger partial charge in [0.2, 0.25) is 5.75 Å². The molecule has 8 rings (SSSR count). The topological polar surface area (TPSA) is 81.7 Å². The van der Waals surface area contributed by atoms with Gasteiger partial charge in [0.15, 0.2) is 11.5 Å². The molecule has 8 nitrogen and oxygen atoms in total. The summed E-state index contributed by atoms with van der Waals surface area (Å²) in [6, 6.07) is 56.5. The lowest BCUT2D eigenvalue weighted by Gasteiger charge is -2.28. The van der Waals surface area contributed by atoms with Crippen LogP contribution < -0.4 is 28.4 Å². The van der Waals surface area contributed by atoms with Crippen molar-refractivity contribution in [2.24, 2.45) is 0 Å². The highest BCUT2D eigenvalue weighted by atomic mass is 16.6. The standard InChI is InChI=1S/C51H44O8/c52-51(59-44-28-45-46(54-32-38-18-8-2-9-19-38)29-43(30-47(45)57-36-44)53-31-37-16-6-1-7-17-37)42-26-48(55-33-39-20-10-3-11-21-39)50(58-35-41-24-14-5-15-25-41)49(27-42)56-34-40-22-12-4-13-23-40/h1-27,29-30,44H,28,31-36H2/t44-/m1/s1. The molecule has 1 heterocycles. The summed E-state index contributed by atoms with van der Waals surface area (Å²) in [6.45, 7) is 1.63. The second kappa shape index (κ2) is 19.3. The van der Waals surface area contributed by atoms with E-state index in [1.54, 1.807) is 12.1 Å². The highest BCUT2D eigenvalue weighted by Crippen LogP contribution is 2.42. The molecule has 8 heteroatoms. The lowest BCUT2D eigenvalue weighted by Crippen LogP contribution is -2.31. The van der Waals surface area contributed by atoms with Gasteiger partial charge in [-0.3, -0.25) is 0 Å². The smallest absolute Gasteiger partial charge is 0.338 e. The second-order valence-electron chi connectivity index (χ2n) is 14.1. The molecule has 0 N–H and O–H groups in total. The van der Waals surface area contributed by atoms with Crippen LogP contribution in [0.5, 0.6) is 34.5 Å². The Hall–Kier alpha value is -7.19. The molecular formula is C51H44O8. The Morgan fingerprint density at radius 2 is 0.881 bits per heavy atom. The predicted molar refractivity (Wildman–Crippen MR) is 225 cm³/mol. The van der Waals surface area contributed by atoms with Gasteiger partial charge in [0, 0.05) is 24.1 Å². The molecule has 0 spiro atoms.